The minimum atomic E-state index is -0.503. The average molecular weight is 237 g/mol. The quantitative estimate of drug-likeness (QED) is 0.846. The summed E-state index contributed by atoms with van der Waals surface area (Å²) in [6, 6.07) is 7.00. The van der Waals surface area contributed by atoms with E-state index in [2.05, 4.69) is 5.32 Å². The molecule has 0 saturated heterocycles. The molecule has 0 radical (unpaired) electrons. The summed E-state index contributed by atoms with van der Waals surface area (Å²) in [7, 11) is 0. The topological polar surface area (TPSA) is 58.6 Å². The molecule has 4 nitrogen and oxygen atoms in total. The predicted octanol–water partition coefficient (Wildman–Crippen LogP) is 2.94. The molecule has 2 N–H and O–H groups in total. The standard InChI is InChI=1S/C13H19NO3/c1-9(2)8-17-13(16)14-12-6-4-11(5-7-12)10(3)15/h4-7,9-10,15H,8H2,1-3H3,(H,14,16). The summed E-state index contributed by atoms with van der Waals surface area (Å²) < 4.78 is 4.99. The number of nitrogens with one attached hydrogen (secondary N) is 1. The van der Waals surface area contributed by atoms with Crippen molar-refractivity contribution in [2.75, 3.05) is 11.9 Å². The molecule has 1 atom stereocenters. The third kappa shape index (κ3) is 4.87. The molecule has 1 aromatic carbocycles. The molecule has 1 unspecified atom stereocenters. The van der Waals surface area contributed by atoms with Gasteiger partial charge in [0.1, 0.15) is 0 Å². The van der Waals surface area contributed by atoms with E-state index in [1.54, 1.807) is 31.2 Å². The van der Waals surface area contributed by atoms with Crippen LogP contribution in [0.2, 0.25) is 0 Å². The van der Waals surface area contributed by atoms with Crippen molar-refractivity contribution < 1.29 is 14.6 Å². The van der Waals surface area contributed by atoms with Crippen molar-refractivity contribution in [2.24, 2.45) is 5.92 Å². The second kappa shape index (κ2) is 6.25. The summed E-state index contributed by atoms with van der Waals surface area (Å²) in [6.07, 6.45) is -0.958. The number of rotatable bonds is 4. The molecule has 94 valence electrons. The predicted molar refractivity (Wildman–Crippen MR) is 66.9 cm³/mol. The molecule has 0 aromatic heterocycles. The zero-order valence-electron chi connectivity index (χ0n) is 10.4. The number of amides is 1. The van der Waals surface area contributed by atoms with Gasteiger partial charge in [0.25, 0.3) is 0 Å². The fourth-order valence-corrected chi connectivity index (χ4v) is 1.24. The summed E-state index contributed by atoms with van der Waals surface area (Å²) in [5, 5.41) is 12.0. The van der Waals surface area contributed by atoms with Gasteiger partial charge < -0.3 is 9.84 Å². The van der Waals surface area contributed by atoms with Gasteiger partial charge in [0.05, 0.1) is 12.7 Å². The maximum atomic E-state index is 11.4. The minimum absolute atomic E-state index is 0.318. The SMILES string of the molecule is CC(C)COC(=O)Nc1ccc(C(C)O)cc1. The first-order chi connectivity index (χ1) is 7.99. The molecule has 1 aromatic rings. The van der Waals surface area contributed by atoms with Crippen molar-refractivity contribution in [3.63, 3.8) is 0 Å². The Kier molecular flexibility index (Phi) is 4.97. The summed E-state index contributed by atoms with van der Waals surface area (Å²) >= 11 is 0. The first-order valence-corrected chi connectivity index (χ1v) is 5.71. The number of carbonyl (C=O) groups excluding carboxylic acids is 1. The molecule has 0 fully saturated rings. The van der Waals surface area contributed by atoms with Gasteiger partial charge in [0.2, 0.25) is 0 Å². The highest BCUT2D eigenvalue weighted by Crippen LogP contribution is 2.15. The lowest BCUT2D eigenvalue weighted by Gasteiger charge is -2.09. The Bertz CT molecular complexity index is 357. The molecule has 1 rings (SSSR count). The van der Waals surface area contributed by atoms with E-state index in [9.17, 15) is 9.90 Å². The minimum Gasteiger partial charge on any atom is -0.449 e. The zero-order chi connectivity index (χ0) is 12.8. The van der Waals surface area contributed by atoms with Crippen LogP contribution in [0.1, 0.15) is 32.4 Å². The number of hydrogen-bond donors (Lipinski definition) is 2. The fraction of sp³-hybridized carbons (Fsp3) is 0.462. The lowest BCUT2D eigenvalue weighted by atomic mass is 10.1. The van der Waals surface area contributed by atoms with Gasteiger partial charge in [-0.2, -0.15) is 0 Å². The van der Waals surface area contributed by atoms with Crippen LogP contribution in [0, 0.1) is 5.92 Å². The number of ether oxygens (including phenoxy) is 1. The Morgan fingerprint density at radius 3 is 2.35 bits per heavy atom. The van der Waals surface area contributed by atoms with E-state index in [1.807, 2.05) is 13.8 Å². The van der Waals surface area contributed by atoms with Gasteiger partial charge in [-0.3, -0.25) is 5.32 Å². The number of aliphatic hydroxyl groups is 1. The Labute approximate surface area is 102 Å². The van der Waals surface area contributed by atoms with Crippen LogP contribution in [0.25, 0.3) is 0 Å². The Balaban J connectivity index is 2.48. The molecule has 0 aliphatic carbocycles. The van der Waals surface area contributed by atoms with E-state index < -0.39 is 12.2 Å². The molecule has 0 aliphatic rings. The summed E-state index contributed by atoms with van der Waals surface area (Å²) in [5.74, 6) is 0.318. The zero-order valence-corrected chi connectivity index (χ0v) is 10.4. The van der Waals surface area contributed by atoms with Crippen molar-refractivity contribution in [2.45, 2.75) is 26.9 Å². The molecule has 0 bridgehead atoms. The normalized spacial score (nSPS) is 12.3. The largest absolute Gasteiger partial charge is 0.449 e. The Hall–Kier alpha value is -1.55. The van der Waals surface area contributed by atoms with Crippen molar-refractivity contribution in [1.82, 2.24) is 0 Å². The van der Waals surface area contributed by atoms with Gasteiger partial charge in [0.15, 0.2) is 0 Å². The average Bonchev–Trinajstić information content (AvgIpc) is 2.27. The van der Waals surface area contributed by atoms with Crippen LogP contribution in [0.15, 0.2) is 24.3 Å². The highest BCUT2D eigenvalue weighted by Gasteiger charge is 2.05. The molecule has 1 amide bonds. The van der Waals surface area contributed by atoms with E-state index >= 15 is 0 Å². The summed E-state index contributed by atoms with van der Waals surface area (Å²) in [5.41, 5.74) is 1.47. The summed E-state index contributed by atoms with van der Waals surface area (Å²) in [6.45, 7) is 6.05. The van der Waals surface area contributed by atoms with Crippen LogP contribution in [-0.4, -0.2) is 17.8 Å². The van der Waals surface area contributed by atoms with E-state index in [-0.39, 0.29) is 0 Å². The first-order valence-electron chi connectivity index (χ1n) is 5.71. The monoisotopic (exact) mass is 237 g/mol. The second-order valence-corrected chi connectivity index (χ2v) is 4.42. The van der Waals surface area contributed by atoms with Crippen molar-refractivity contribution >= 4 is 11.8 Å². The van der Waals surface area contributed by atoms with Crippen molar-refractivity contribution in [3.05, 3.63) is 29.8 Å². The molecule has 0 aliphatic heterocycles. The van der Waals surface area contributed by atoms with Crippen LogP contribution < -0.4 is 5.32 Å². The van der Waals surface area contributed by atoms with E-state index in [4.69, 9.17) is 4.74 Å². The van der Waals surface area contributed by atoms with Gasteiger partial charge in [-0.1, -0.05) is 26.0 Å². The summed E-state index contributed by atoms with van der Waals surface area (Å²) in [4.78, 5) is 11.4. The number of aliphatic hydroxyl groups excluding tert-OH is 1. The Morgan fingerprint density at radius 2 is 1.88 bits per heavy atom. The third-order valence-corrected chi connectivity index (χ3v) is 2.19. The van der Waals surface area contributed by atoms with Crippen LogP contribution in [0.5, 0.6) is 0 Å². The number of anilines is 1. The van der Waals surface area contributed by atoms with Crippen molar-refractivity contribution in [3.8, 4) is 0 Å². The van der Waals surface area contributed by atoms with Gasteiger partial charge >= 0.3 is 6.09 Å². The molecule has 0 saturated carbocycles. The first kappa shape index (κ1) is 13.5. The maximum absolute atomic E-state index is 11.4. The van der Waals surface area contributed by atoms with E-state index in [1.165, 1.54) is 0 Å². The molecular weight excluding hydrogens is 218 g/mol. The number of hydrogen-bond acceptors (Lipinski definition) is 3. The third-order valence-electron chi connectivity index (χ3n) is 2.19. The lowest BCUT2D eigenvalue weighted by Crippen LogP contribution is -2.16. The van der Waals surface area contributed by atoms with Gasteiger partial charge in [-0.15, -0.1) is 0 Å². The second-order valence-electron chi connectivity index (χ2n) is 4.42. The fourth-order valence-electron chi connectivity index (χ4n) is 1.24. The van der Waals surface area contributed by atoms with Crippen LogP contribution >= 0.6 is 0 Å². The van der Waals surface area contributed by atoms with Gasteiger partial charge in [-0.25, -0.2) is 4.79 Å². The smallest absolute Gasteiger partial charge is 0.411 e. The molecule has 0 spiro atoms. The van der Waals surface area contributed by atoms with E-state index in [0.29, 0.717) is 18.2 Å². The molecular formula is C13H19NO3. The molecule has 0 heterocycles. The van der Waals surface area contributed by atoms with Gasteiger partial charge in [0, 0.05) is 5.69 Å². The molecule has 17 heavy (non-hydrogen) atoms. The Morgan fingerprint density at radius 1 is 1.29 bits per heavy atom. The van der Waals surface area contributed by atoms with Crippen LogP contribution in [-0.2, 0) is 4.74 Å². The lowest BCUT2D eigenvalue weighted by molar-refractivity contribution is 0.147. The number of carbonyl (C=O) groups is 1. The highest BCUT2D eigenvalue weighted by atomic mass is 16.5. The van der Waals surface area contributed by atoms with Crippen LogP contribution in [0.3, 0.4) is 0 Å². The van der Waals surface area contributed by atoms with Crippen LogP contribution in [0.4, 0.5) is 10.5 Å². The van der Waals surface area contributed by atoms with Gasteiger partial charge in [-0.05, 0) is 30.5 Å². The van der Waals surface area contributed by atoms with Crippen molar-refractivity contribution in [1.29, 1.82) is 0 Å². The maximum Gasteiger partial charge on any atom is 0.411 e. The van der Waals surface area contributed by atoms with E-state index in [0.717, 1.165) is 5.56 Å². The molecule has 4 heteroatoms. The highest BCUT2D eigenvalue weighted by molar-refractivity contribution is 5.84. The number of benzene rings is 1.